The Kier molecular flexibility index (Phi) is 6.38. The monoisotopic (exact) mass is 406 g/mol. The summed E-state index contributed by atoms with van der Waals surface area (Å²) in [5.74, 6) is 1.21. The van der Waals surface area contributed by atoms with Crippen molar-refractivity contribution >= 4 is 17.4 Å². The standard InChI is InChI=1S/C23H30N6O/c24-21-15-17(1-10-27-21)16-28-11-4-20(5-12-28)23(30)29-13-6-19(7-14-29)22(25)18-2-8-26-9-3-18/h1-3,8-10,15,19-20,25H,4-7,11-14,16H2,(H2,24,27). The zero-order valence-electron chi connectivity index (χ0n) is 17.3. The van der Waals surface area contributed by atoms with Crippen LogP contribution in [0.1, 0.15) is 36.8 Å². The van der Waals surface area contributed by atoms with Crippen molar-refractivity contribution in [2.24, 2.45) is 11.8 Å². The maximum Gasteiger partial charge on any atom is 0.225 e. The van der Waals surface area contributed by atoms with Crippen LogP contribution < -0.4 is 5.73 Å². The predicted molar refractivity (Wildman–Crippen MR) is 117 cm³/mol. The number of hydrogen-bond donors (Lipinski definition) is 2. The van der Waals surface area contributed by atoms with E-state index in [1.165, 1.54) is 5.56 Å². The van der Waals surface area contributed by atoms with Gasteiger partial charge in [0.25, 0.3) is 0 Å². The summed E-state index contributed by atoms with van der Waals surface area (Å²) in [7, 11) is 0. The van der Waals surface area contributed by atoms with Gasteiger partial charge < -0.3 is 16.0 Å². The lowest BCUT2D eigenvalue weighted by atomic mass is 9.87. The molecule has 4 heterocycles. The van der Waals surface area contributed by atoms with E-state index in [-0.39, 0.29) is 11.8 Å². The van der Waals surface area contributed by atoms with E-state index in [2.05, 4.69) is 14.9 Å². The Morgan fingerprint density at radius 2 is 1.67 bits per heavy atom. The van der Waals surface area contributed by atoms with Crippen LogP contribution in [0.5, 0.6) is 0 Å². The number of rotatable bonds is 5. The Morgan fingerprint density at radius 3 is 2.33 bits per heavy atom. The van der Waals surface area contributed by atoms with Crippen LogP contribution in [0.25, 0.3) is 0 Å². The number of carbonyl (C=O) groups is 1. The minimum atomic E-state index is 0.125. The molecule has 2 aromatic heterocycles. The van der Waals surface area contributed by atoms with Crippen molar-refractivity contribution in [3.8, 4) is 0 Å². The molecule has 0 atom stereocenters. The lowest BCUT2D eigenvalue weighted by molar-refractivity contribution is -0.138. The van der Waals surface area contributed by atoms with Gasteiger partial charge >= 0.3 is 0 Å². The van der Waals surface area contributed by atoms with Gasteiger partial charge in [-0.25, -0.2) is 4.98 Å². The average molecular weight is 407 g/mol. The number of nitrogens with one attached hydrogen (secondary N) is 1. The van der Waals surface area contributed by atoms with Gasteiger partial charge in [-0.15, -0.1) is 0 Å². The fourth-order valence-corrected chi connectivity index (χ4v) is 4.60. The molecule has 0 aromatic carbocycles. The summed E-state index contributed by atoms with van der Waals surface area (Å²) in [6.45, 7) is 4.24. The SMILES string of the molecule is N=C(c1ccncc1)C1CCN(C(=O)C2CCN(Cc3ccnc(N)c3)CC2)CC1. The largest absolute Gasteiger partial charge is 0.384 e. The molecule has 2 fully saturated rings. The molecule has 0 aliphatic carbocycles. The number of nitrogen functional groups attached to an aromatic ring is 1. The van der Waals surface area contributed by atoms with Crippen molar-refractivity contribution in [1.82, 2.24) is 19.8 Å². The van der Waals surface area contributed by atoms with E-state index < -0.39 is 0 Å². The van der Waals surface area contributed by atoms with E-state index in [9.17, 15) is 4.79 Å². The third-order valence-electron chi connectivity index (χ3n) is 6.39. The molecule has 7 heteroatoms. The van der Waals surface area contributed by atoms with Gasteiger partial charge in [-0.2, -0.15) is 0 Å². The number of likely N-dealkylation sites (tertiary alicyclic amines) is 2. The molecule has 2 aliphatic rings. The highest BCUT2D eigenvalue weighted by atomic mass is 16.2. The Balaban J connectivity index is 1.24. The molecular formula is C23H30N6O. The maximum atomic E-state index is 13.0. The highest BCUT2D eigenvalue weighted by molar-refractivity contribution is 5.99. The third kappa shape index (κ3) is 4.84. The molecule has 4 rings (SSSR count). The van der Waals surface area contributed by atoms with Gasteiger partial charge in [-0.3, -0.25) is 14.7 Å². The molecule has 30 heavy (non-hydrogen) atoms. The Hall–Kier alpha value is -2.80. The summed E-state index contributed by atoms with van der Waals surface area (Å²) in [6.07, 6.45) is 8.78. The minimum absolute atomic E-state index is 0.125. The van der Waals surface area contributed by atoms with Crippen LogP contribution >= 0.6 is 0 Å². The number of aromatic nitrogens is 2. The topological polar surface area (TPSA) is 99.2 Å². The van der Waals surface area contributed by atoms with E-state index in [4.69, 9.17) is 11.1 Å². The van der Waals surface area contributed by atoms with Crippen LogP contribution in [0, 0.1) is 17.2 Å². The van der Waals surface area contributed by atoms with Crippen molar-refractivity contribution in [1.29, 1.82) is 5.41 Å². The summed E-state index contributed by atoms with van der Waals surface area (Å²) in [6, 6.07) is 7.72. The van der Waals surface area contributed by atoms with Crippen molar-refractivity contribution in [2.75, 3.05) is 31.9 Å². The summed E-state index contributed by atoms with van der Waals surface area (Å²) >= 11 is 0. The second-order valence-corrected chi connectivity index (χ2v) is 8.39. The first-order chi connectivity index (χ1) is 14.6. The Bertz CT molecular complexity index is 870. The lowest BCUT2D eigenvalue weighted by Gasteiger charge is -2.37. The van der Waals surface area contributed by atoms with Crippen molar-refractivity contribution in [3.63, 3.8) is 0 Å². The van der Waals surface area contributed by atoms with Crippen LogP contribution in [0.2, 0.25) is 0 Å². The summed E-state index contributed by atoms with van der Waals surface area (Å²) in [5.41, 5.74) is 8.56. The second kappa shape index (κ2) is 9.34. The first-order valence-corrected chi connectivity index (χ1v) is 10.8. The van der Waals surface area contributed by atoms with Crippen LogP contribution in [-0.2, 0) is 11.3 Å². The molecule has 0 saturated carbocycles. The molecule has 2 aromatic rings. The molecule has 2 saturated heterocycles. The van der Waals surface area contributed by atoms with Crippen LogP contribution in [0.3, 0.4) is 0 Å². The van der Waals surface area contributed by atoms with Gasteiger partial charge in [0.1, 0.15) is 5.82 Å². The van der Waals surface area contributed by atoms with Gasteiger partial charge in [0.15, 0.2) is 0 Å². The van der Waals surface area contributed by atoms with Crippen LogP contribution in [0.15, 0.2) is 42.9 Å². The van der Waals surface area contributed by atoms with E-state index in [0.29, 0.717) is 17.4 Å². The second-order valence-electron chi connectivity index (χ2n) is 8.39. The van der Waals surface area contributed by atoms with Crippen LogP contribution in [0.4, 0.5) is 5.82 Å². The Morgan fingerprint density at radius 1 is 1.00 bits per heavy atom. The van der Waals surface area contributed by atoms with Gasteiger partial charge in [0, 0.05) is 55.8 Å². The number of anilines is 1. The van der Waals surface area contributed by atoms with Gasteiger partial charge in [-0.1, -0.05) is 0 Å². The van der Waals surface area contributed by atoms with Gasteiger partial charge in [0.2, 0.25) is 5.91 Å². The normalized spacial score (nSPS) is 19.0. The summed E-state index contributed by atoms with van der Waals surface area (Å²) in [5, 5.41) is 8.47. The average Bonchev–Trinajstić information content (AvgIpc) is 2.79. The van der Waals surface area contributed by atoms with E-state index >= 15 is 0 Å². The maximum absolute atomic E-state index is 13.0. The molecule has 3 N–H and O–H groups in total. The van der Waals surface area contributed by atoms with E-state index in [0.717, 1.165) is 64.0 Å². The highest BCUT2D eigenvalue weighted by Gasteiger charge is 2.32. The molecule has 2 aliphatic heterocycles. The molecule has 0 unspecified atom stereocenters. The zero-order valence-corrected chi connectivity index (χ0v) is 17.3. The number of nitrogens with zero attached hydrogens (tertiary/aromatic N) is 4. The molecule has 0 radical (unpaired) electrons. The number of carbonyl (C=O) groups excluding carboxylic acids is 1. The first-order valence-electron chi connectivity index (χ1n) is 10.8. The molecule has 1 amide bonds. The smallest absolute Gasteiger partial charge is 0.225 e. The molecule has 0 spiro atoms. The molecule has 0 bridgehead atoms. The van der Waals surface area contributed by atoms with E-state index in [1.54, 1.807) is 18.6 Å². The van der Waals surface area contributed by atoms with Crippen molar-refractivity contribution in [2.45, 2.75) is 32.2 Å². The lowest BCUT2D eigenvalue weighted by Crippen LogP contribution is -2.46. The zero-order chi connectivity index (χ0) is 20.9. The van der Waals surface area contributed by atoms with Gasteiger partial charge in [0.05, 0.1) is 0 Å². The summed E-state index contributed by atoms with van der Waals surface area (Å²) in [4.78, 5) is 25.5. The molecule has 158 valence electrons. The minimum Gasteiger partial charge on any atom is -0.384 e. The van der Waals surface area contributed by atoms with Crippen LogP contribution in [-0.4, -0.2) is 57.6 Å². The highest BCUT2D eigenvalue weighted by Crippen LogP contribution is 2.26. The van der Waals surface area contributed by atoms with Gasteiger partial charge in [-0.05, 0) is 74.2 Å². The van der Waals surface area contributed by atoms with Crippen molar-refractivity contribution in [3.05, 3.63) is 54.0 Å². The number of hydrogen-bond acceptors (Lipinski definition) is 6. The van der Waals surface area contributed by atoms with Crippen molar-refractivity contribution < 1.29 is 4.79 Å². The quantitative estimate of drug-likeness (QED) is 0.744. The number of amides is 1. The third-order valence-corrected chi connectivity index (χ3v) is 6.39. The Labute approximate surface area is 177 Å². The predicted octanol–water partition coefficient (Wildman–Crippen LogP) is 2.58. The van der Waals surface area contributed by atoms with E-state index in [1.807, 2.05) is 29.2 Å². The fraction of sp³-hybridized carbons (Fsp3) is 0.478. The number of nitrogens with two attached hydrogens (primary N) is 1. The molecular weight excluding hydrogens is 376 g/mol. The fourth-order valence-electron chi connectivity index (χ4n) is 4.60. The number of pyridine rings is 2. The molecule has 7 nitrogen and oxygen atoms in total. The number of piperidine rings is 2. The summed E-state index contributed by atoms with van der Waals surface area (Å²) < 4.78 is 0. The first kappa shape index (κ1) is 20.5.